The average Bonchev–Trinajstić information content (AvgIpc) is 2.97. The van der Waals surface area contributed by atoms with Crippen molar-refractivity contribution in [2.24, 2.45) is 0 Å². The van der Waals surface area contributed by atoms with Crippen molar-refractivity contribution >= 4 is 21.4 Å². The van der Waals surface area contributed by atoms with Gasteiger partial charge in [-0.2, -0.15) is 11.3 Å². The molecule has 0 saturated heterocycles. The fourth-order valence-electron chi connectivity index (χ4n) is 1.24. The van der Waals surface area contributed by atoms with Crippen molar-refractivity contribution in [3.8, 4) is 0 Å². The third-order valence-electron chi connectivity index (χ3n) is 2.16. The van der Waals surface area contributed by atoms with E-state index in [0.717, 1.165) is 0 Å². The fourth-order valence-corrected chi connectivity index (χ4v) is 2.89. The third-order valence-corrected chi connectivity index (χ3v) is 4.21. The monoisotopic (exact) mass is 273 g/mol. The summed E-state index contributed by atoms with van der Waals surface area (Å²) in [6.45, 7) is -0.0713. The Morgan fingerprint density at radius 1 is 1.59 bits per heavy atom. The number of aromatic nitrogens is 2. The maximum atomic E-state index is 11.7. The molecular weight excluding hydrogens is 262 g/mol. The van der Waals surface area contributed by atoms with E-state index in [1.807, 2.05) is 5.38 Å². The summed E-state index contributed by atoms with van der Waals surface area (Å²) >= 11 is 1.45. The Morgan fingerprint density at radius 2 is 2.41 bits per heavy atom. The van der Waals surface area contributed by atoms with Gasteiger partial charge < -0.3 is 10.1 Å². The lowest BCUT2D eigenvalue weighted by Crippen LogP contribution is -2.28. The predicted molar refractivity (Wildman–Crippen MR) is 63.1 cm³/mol. The molecule has 2 aromatic rings. The molecule has 2 heterocycles. The van der Waals surface area contributed by atoms with Gasteiger partial charge in [-0.3, -0.25) is 0 Å². The number of hydrogen-bond acceptors (Lipinski definition) is 5. The van der Waals surface area contributed by atoms with Gasteiger partial charge >= 0.3 is 0 Å². The van der Waals surface area contributed by atoms with Crippen LogP contribution in [-0.4, -0.2) is 30.0 Å². The van der Waals surface area contributed by atoms with Gasteiger partial charge in [-0.05, 0) is 22.4 Å². The van der Waals surface area contributed by atoms with Crippen LogP contribution in [0.2, 0.25) is 0 Å². The summed E-state index contributed by atoms with van der Waals surface area (Å²) in [5.74, 6) is 0. The zero-order chi connectivity index (χ0) is 12.3. The number of aliphatic hydroxyl groups excluding tert-OH is 1. The van der Waals surface area contributed by atoms with Crippen LogP contribution in [-0.2, 0) is 10.0 Å². The van der Waals surface area contributed by atoms with Gasteiger partial charge in [-0.25, -0.2) is 18.1 Å². The summed E-state index contributed by atoms with van der Waals surface area (Å²) in [5, 5.41) is 13.3. The predicted octanol–water partition coefficient (Wildman–Crippen LogP) is 0.483. The van der Waals surface area contributed by atoms with E-state index in [4.69, 9.17) is 0 Å². The number of hydrogen-bond donors (Lipinski definition) is 3. The van der Waals surface area contributed by atoms with Crippen LogP contribution in [0.25, 0.3) is 0 Å². The molecule has 2 rings (SSSR count). The van der Waals surface area contributed by atoms with Gasteiger partial charge in [-0.15, -0.1) is 0 Å². The molecule has 0 amide bonds. The Bertz CT molecular complexity index is 548. The van der Waals surface area contributed by atoms with Crippen LogP contribution in [0.1, 0.15) is 11.7 Å². The van der Waals surface area contributed by atoms with E-state index in [1.165, 1.54) is 23.9 Å². The highest BCUT2D eigenvalue weighted by Gasteiger charge is 2.17. The molecule has 92 valence electrons. The van der Waals surface area contributed by atoms with Crippen LogP contribution in [0.3, 0.4) is 0 Å². The van der Waals surface area contributed by atoms with Crippen molar-refractivity contribution in [3.63, 3.8) is 0 Å². The lowest BCUT2D eigenvalue weighted by Gasteiger charge is -2.09. The van der Waals surface area contributed by atoms with Gasteiger partial charge in [0.05, 0.1) is 18.6 Å². The molecule has 1 unspecified atom stereocenters. The van der Waals surface area contributed by atoms with Crippen molar-refractivity contribution in [2.45, 2.75) is 11.1 Å². The van der Waals surface area contributed by atoms with E-state index >= 15 is 0 Å². The molecule has 1 atom stereocenters. The topological polar surface area (TPSA) is 95.1 Å². The van der Waals surface area contributed by atoms with Gasteiger partial charge in [0.2, 0.25) is 0 Å². The summed E-state index contributed by atoms with van der Waals surface area (Å²) in [6.07, 6.45) is 1.64. The van der Waals surface area contributed by atoms with Gasteiger partial charge in [0.1, 0.15) is 0 Å². The molecule has 2 aromatic heterocycles. The van der Waals surface area contributed by atoms with E-state index in [2.05, 4.69) is 14.7 Å². The van der Waals surface area contributed by atoms with Crippen LogP contribution < -0.4 is 4.72 Å². The summed E-state index contributed by atoms with van der Waals surface area (Å²) in [6, 6.07) is 1.75. The SMILES string of the molecule is O=S(=O)(NCC(O)c1ccsc1)c1cnc[nH]1. The van der Waals surface area contributed by atoms with Crippen molar-refractivity contribution < 1.29 is 13.5 Å². The molecule has 8 heteroatoms. The molecule has 17 heavy (non-hydrogen) atoms. The van der Waals surface area contributed by atoms with Crippen LogP contribution in [0.4, 0.5) is 0 Å². The summed E-state index contributed by atoms with van der Waals surface area (Å²) < 4.78 is 25.7. The summed E-state index contributed by atoms with van der Waals surface area (Å²) in [7, 11) is -3.63. The maximum Gasteiger partial charge on any atom is 0.257 e. The normalized spacial score (nSPS) is 13.7. The summed E-state index contributed by atoms with van der Waals surface area (Å²) in [4.78, 5) is 6.12. The minimum atomic E-state index is -3.63. The average molecular weight is 273 g/mol. The number of rotatable bonds is 5. The van der Waals surface area contributed by atoms with Gasteiger partial charge in [0.25, 0.3) is 10.0 Å². The molecule has 3 N–H and O–H groups in total. The van der Waals surface area contributed by atoms with E-state index in [9.17, 15) is 13.5 Å². The smallest absolute Gasteiger partial charge is 0.257 e. The molecular formula is C9H11N3O3S2. The molecule has 0 aliphatic carbocycles. The second kappa shape index (κ2) is 4.96. The van der Waals surface area contributed by atoms with Crippen molar-refractivity contribution in [3.05, 3.63) is 34.9 Å². The second-order valence-electron chi connectivity index (χ2n) is 3.34. The minimum Gasteiger partial charge on any atom is -0.387 e. The lowest BCUT2D eigenvalue weighted by molar-refractivity contribution is 0.182. The standard InChI is InChI=1S/C9H11N3O3S2/c13-8(7-1-2-16-5-7)3-12-17(14,15)9-4-10-6-11-9/h1-2,4-6,8,12-13H,3H2,(H,10,11). The number of thiophene rings is 1. The first-order chi connectivity index (χ1) is 8.09. The van der Waals surface area contributed by atoms with Gasteiger partial charge in [-0.1, -0.05) is 0 Å². The lowest BCUT2D eigenvalue weighted by atomic mass is 10.2. The molecule has 0 aromatic carbocycles. The quantitative estimate of drug-likeness (QED) is 0.738. The van der Waals surface area contributed by atoms with Crippen LogP contribution in [0.5, 0.6) is 0 Å². The fraction of sp³-hybridized carbons (Fsp3) is 0.222. The van der Waals surface area contributed by atoms with Crippen LogP contribution in [0, 0.1) is 0 Å². The first kappa shape index (κ1) is 12.2. The van der Waals surface area contributed by atoms with E-state index < -0.39 is 16.1 Å². The molecule has 0 fully saturated rings. The van der Waals surface area contributed by atoms with E-state index in [1.54, 1.807) is 11.4 Å². The van der Waals surface area contributed by atoms with Gasteiger partial charge in [0.15, 0.2) is 5.03 Å². The molecule has 6 nitrogen and oxygen atoms in total. The van der Waals surface area contributed by atoms with Crippen LogP contribution in [0.15, 0.2) is 34.4 Å². The summed E-state index contributed by atoms with van der Waals surface area (Å²) in [5.41, 5.74) is 0.697. The van der Waals surface area contributed by atoms with E-state index in [0.29, 0.717) is 5.56 Å². The highest BCUT2D eigenvalue weighted by Crippen LogP contribution is 2.15. The Hall–Kier alpha value is -1.22. The van der Waals surface area contributed by atoms with Crippen molar-refractivity contribution in [2.75, 3.05) is 6.54 Å². The first-order valence-electron chi connectivity index (χ1n) is 4.78. The number of aliphatic hydroxyl groups is 1. The molecule has 0 radical (unpaired) electrons. The Kier molecular flexibility index (Phi) is 3.57. The molecule has 0 aliphatic rings. The number of H-pyrrole nitrogens is 1. The molecule has 0 saturated carbocycles. The van der Waals surface area contributed by atoms with Gasteiger partial charge in [0, 0.05) is 6.54 Å². The van der Waals surface area contributed by atoms with Crippen molar-refractivity contribution in [1.29, 1.82) is 0 Å². The zero-order valence-corrected chi connectivity index (χ0v) is 10.3. The minimum absolute atomic E-state index is 0.0185. The Balaban J connectivity index is 1.99. The van der Waals surface area contributed by atoms with Crippen molar-refractivity contribution in [1.82, 2.24) is 14.7 Å². The first-order valence-corrected chi connectivity index (χ1v) is 7.20. The molecule has 0 aliphatic heterocycles. The van der Waals surface area contributed by atoms with E-state index in [-0.39, 0.29) is 11.6 Å². The number of nitrogens with zero attached hydrogens (tertiary/aromatic N) is 1. The largest absolute Gasteiger partial charge is 0.387 e. The molecule has 0 bridgehead atoms. The Labute approximate surface area is 102 Å². The third kappa shape index (κ3) is 2.91. The highest BCUT2D eigenvalue weighted by atomic mass is 32.2. The number of nitrogens with one attached hydrogen (secondary N) is 2. The zero-order valence-electron chi connectivity index (χ0n) is 8.70. The van der Waals surface area contributed by atoms with Crippen LogP contribution >= 0.6 is 11.3 Å². The Morgan fingerprint density at radius 3 is 3.00 bits per heavy atom. The number of aromatic amines is 1. The second-order valence-corrected chi connectivity index (χ2v) is 5.86. The number of imidazole rings is 1. The maximum absolute atomic E-state index is 11.7. The highest BCUT2D eigenvalue weighted by molar-refractivity contribution is 7.89. The number of sulfonamides is 1. The molecule has 0 spiro atoms.